The number of hydrogen-bond donors (Lipinski definition) is 4. The van der Waals surface area contributed by atoms with Crippen molar-refractivity contribution in [2.45, 2.75) is 25.2 Å². The van der Waals surface area contributed by atoms with E-state index in [0.29, 0.717) is 31.1 Å². The van der Waals surface area contributed by atoms with Crippen molar-refractivity contribution in [3.05, 3.63) is 42.7 Å². The molecule has 3 heterocycles. The molecule has 228 valence electrons. The fraction of sp³-hybridized carbons (Fsp3) is 0.333. The van der Waals surface area contributed by atoms with E-state index in [9.17, 15) is 35.9 Å². The molecule has 42 heavy (non-hydrogen) atoms. The summed E-state index contributed by atoms with van der Waals surface area (Å²) in [5.41, 5.74) is 8.45. The standard InChI is InChI=1S/C20H21N5O2S.2C2HF3O2/c21-12-18(26)25-9-5-14(6-10-25)19(27)24-20-23-16-2-1-15(11-17(16)28-20)13-3-7-22-8-4-13;2*3-2(4,5)1(6)7/h1-4,7-8,11,14H,5-6,9-10,12,21H2,(H,23,24,27);2*(H,6,7). The Labute approximate surface area is 237 Å². The second kappa shape index (κ2) is 14.5. The number of nitrogens with zero attached hydrogens (tertiary/aromatic N) is 3. The van der Waals surface area contributed by atoms with E-state index in [1.807, 2.05) is 24.3 Å². The second-order valence-electron chi connectivity index (χ2n) is 8.39. The number of fused-ring (bicyclic) bond motifs is 1. The van der Waals surface area contributed by atoms with Gasteiger partial charge in [-0.05, 0) is 48.2 Å². The number of anilines is 1. The fourth-order valence-electron chi connectivity index (χ4n) is 3.43. The number of halogens is 6. The molecule has 0 radical (unpaired) electrons. The van der Waals surface area contributed by atoms with Gasteiger partial charge in [-0.25, -0.2) is 14.6 Å². The number of thiazole rings is 1. The van der Waals surface area contributed by atoms with Crippen LogP contribution < -0.4 is 11.1 Å². The number of benzene rings is 1. The summed E-state index contributed by atoms with van der Waals surface area (Å²) in [6.07, 6.45) is -5.34. The van der Waals surface area contributed by atoms with Crippen molar-refractivity contribution in [1.29, 1.82) is 0 Å². The Morgan fingerprint density at radius 1 is 0.929 bits per heavy atom. The van der Waals surface area contributed by atoms with Crippen molar-refractivity contribution >= 4 is 50.4 Å². The van der Waals surface area contributed by atoms with Crippen LogP contribution >= 0.6 is 11.3 Å². The number of hydrogen-bond acceptors (Lipinski definition) is 8. The van der Waals surface area contributed by atoms with E-state index in [1.165, 1.54) is 11.3 Å². The Morgan fingerprint density at radius 3 is 1.93 bits per heavy atom. The zero-order chi connectivity index (χ0) is 31.7. The number of nitrogens with two attached hydrogens (primary N) is 1. The highest BCUT2D eigenvalue weighted by Crippen LogP contribution is 2.31. The summed E-state index contributed by atoms with van der Waals surface area (Å²) in [7, 11) is 0. The molecule has 11 nitrogen and oxygen atoms in total. The summed E-state index contributed by atoms with van der Waals surface area (Å²) in [6.45, 7) is 1.16. The van der Waals surface area contributed by atoms with Gasteiger partial charge in [0.2, 0.25) is 11.8 Å². The van der Waals surface area contributed by atoms with Crippen LogP contribution in [0.1, 0.15) is 12.8 Å². The third-order valence-electron chi connectivity index (χ3n) is 5.51. The van der Waals surface area contributed by atoms with E-state index >= 15 is 0 Å². The number of carbonyl (C=O) groups is 4. The Morgan fingerprint density at radius 2 is 1.45 bits per heavy atom. The van der Waals surface area contributed by atoms with Gasteiger partial charge in [0.05, 0.1) is 16.8 Å². The molecule has 1 saturated heterocycles. The normalized spacial score (nSPS) is 13.7. The van der Waals surface area contributed by atoms with Gasteiger partial charge in [0.1, 0.15) is 0 Å². The fourth-order valence-corrected chi connectivity index (χ4v) is 4.34. The molecule has 2 aromatic heterocycles. The summed E-state index contributed by atoms with van der Waals surface area (Å²) in [4.78, 5) is 52.3. The number of carboxylic acids is 2. The highest BCUT2D eigenvalue weighted by molar-refractivity contribution is 7.22. The summed E-state index contributed by atoms with van der Waals surface area (Å²) < 4.78 is 64.5. The van der Waals surface area contributed by atoms with Crippen molar-refractivity contribution in [2.24, 2.45) is 11.7 Å². The Bertz CT molecular complexity index is 1370. The Kier molecular flexibility index (Phi) is 11.7. The third-order valence-corrected chi connectivity index (χ3v) is 6.44. The maximum atomic E-state index is 12.6. The smallest absolute Gasteiger partial charge is 0.475 e. The molecule has 0 saturated carbocycles. The first-order chi connectivity index (χ1) is 19.5. The number of pyridine rings is 1. The maximum Gasteiger partial charge on any atom is 0.490 e. The van der Waals surface area contributed by atoms with E-state index in [4.69, 9.17) is 25.5 Å². The lowest BCUT2D eigenvalue weighted by Gasteiger charge is -2.30. The van der Waals surface area contributed by atoms with Gasteiger partial charge >= 0.3 is 24.3 Å². The Balaban J connectivity index is 0.000000367. The number of alkyl halides is 6. The van der Waals surface area contributed by atoms with Crippen LogP contribution in [0.4, 0.5) is 31.5 Å². The van der Waals surface area contributed by atoms with Gasteiger partial charge in [0, 0.05) is 31.4 Å². The number of likely N-dealkylation sites (tertiary alicyclic amines) is 1. The molecule has 2 amide bonds. The van der Waals surface area contributed by atoms with Crippen LogP contribution in [0.5, 0.6) is 0 Å². The minimum atomic E-state index is -5.08. The van der Waals surface area contributed by atoms with E-state index < -0.39 is 24.3 Å². The van der Waals surface area contributed by atoms with Gasteiger partial charge in [0.15, 0.2) is 5.13 Å². The molecule has 1 aliphatic heterocycles. The predicted molar refractivity (Wildman–Crippen MR) is 137 cm³/mol. The molecule has 0 unspecified atom stereocenters. The third kappa shape index (κ3) is 10.3. The van der Waals surface area contributed by atoms with Crippen molar-refractivity contribution in [3.8, 4) is 11.1 Å². The number of carboxylic acid groups (broad SMARTS) is 2. The molecular weight excluding hydrogens is 600 g/mol. The van der Waals surface area contributed by atoms with Crippen molar-refractivity contribution in [3.63, 3.8) is 0 Å². The van der Waals surface area contributed by atoms with Gasteiger partial charge in [-0.2, -0.15) is 26.3 Å². The van der Waals surface area contributed by atoms with Crippen molar-refractivity contribution in [2.75, 3.05) is 25.0 Å². The highest BCUT2D eigenvalue weighted by atomic mass is 32.1. The van der Waals surface area contributed by atoms with Crippen molar-refractivity contribution < 1.29 is 55.7 Å². The average molecular weight is 624 g/mol. The number of amides is 2. The lowest BCUT2D eigenvalue weighted by Crippen LogP contribution is -2.43. The van der Waals surface area contributed by atoms with Crippen LogP contribution in [-0.2, 0) is 19.2 Å². The molecule has 18 heteroatoms. The van der Waals surface area contributed by atoms with Crippen LogP contribution in [0.3, 0.4) is 0 Å². The largest absolute Gasteiger partial charge is 0.490 e. The molecular formula is C24H23F6N5O6S. The SMILES string of the molecule is NCC(=O)N1CCC(C(=O)Nc2nc3ccc(-c4ccncc4)cc3s2)CC1.O=C(O)C(F)(F)F.O=C(O)C(F)(F)F. The van der Waals surface area contributed by atoms with Gasteiger partial charge in [-0.3, -0.25) is 14.6 Å². The van der Waals surface area contributed by atoms with Crippen LogP contribution in [0.15, 0.2) is 42.7 Å². The van der Waals surface area contributed by atoms with Gasteiger partial charge < -0.3 is 26.2 Å². The van der Waals surface area contributed by atoms with E-state index in [2.05, 4.69) is 21.4 Å². The zero-order valence-electron chi connectivity index (χ0n) is 21.3. The van der Waals surface area contributed by atoms with Crippen LogP contribution in [0, 0.1) is 5.92 Å². The molecule has 0 spiro atoms. The van der Waals surface area contributed by atoms with Gasteiger partial charge in [0.25, 0.3) is 0 Å². The van der Waals surface area contributed by atoms with E-state index in [0.717, 1.165) is 21.3 Å². The number of nitrogens with one attached hydrogen (secondary N) is 1. The lowest BCUT2D eigenvalue weighted by molar-refractivity contribution is -0.193. The molecule has 0 aliphatic carbocycles. The first kappa shape index (κ1) is 33.9. The number of piperidine rings is 1. The summed E-state index contributed by atoms with van der Waals surface area (Å²) in [5.74, 6) is -5.72. The molecule has 0 bridgehead atoms. The molecule has 5 N–H and O–H groups in total. The van der Waals surface area contributed by atoms with Gasteiger partial charge in [-0.15, -0.1) is 0 Å². The van der Waals surface area contributed by atoms with Crippen molar-refractivity contribution in [1.82, 2.24) is 14.9 Å². The first-order valence-corrected chi connectivity index (χ1v) is 12.5. The number of aliphatic carboxylic acids is 2. The summed E-state index contributed by atoms with van der Waals surface area (Å²) in [6, 6.07) is 10.00. The number of aromatic nitrogens is 2. The van der Waals surface area contributed by atoms with Gasteiger partial charge in [-0.1, -0.05) is 17.4 Å². The molecule has 1 fully saturated rings. The monoisotopic (exact) mass is 623 g/mol. The lowest BCUT2D eigenvalue weighted by atomic mass is 9.96. The van der Waals surface area contributed by atoms with Crippen LogP contribution in [0.2, 0.25) is 0 Å². The quantitative estimate of drug-likeness (QED) is 0.315. The molecule has 3 aromatic rings. The van der Waals surface area contributed by atoms with E-state index in [-0.39, 0.29) is 24.3 Å². The molecule has 4 rings (SSSR count). The number of rotatable bonds is 4. The van der Waals surface area contributed by atoms with Crippen LogP contribution in [-0.4, -0.2) is 80.8 Å². The summed E-state index contributed by atoms with van der Waals surface area (Å²) in [5, 5.41) is 17.8. The summed E-state index contributed by atoms with van der Waals surface area (Å²) >= 11 is 1.47. The topological polar surface area (TPSA) is 176 Å². The molecule has 1 aliphatic rings. The molecule has 0 atom stereocenters. The maximum absolute atomic E-state index is 12.6. The zero-order valence-corrected chi connectivity index (χ0v) is 22.1. The first-order valence-electron chi connectivity index (χ1n) is 11.7. The Hall–Kier alpha value is -4.32. The average Bonchev–Trinajstić information content (AvgIpc) is 3.34. The van der Waals surface area contributed by atoms with Crippen LogP contribution in [0.25, 0.3) is 21.3 Å². The van der Waals surface area contributed by atoms with E-state index in [1.54, 1.807) is 17.3 Å². The minimum absolute atomic E-state index is 0.0179. The molecule has 1 aromatic carbocycles. The highest BCUT2D eigenvalue weighted by Gasteiger charge is 2.38. The second-order valence-corrected chi connectivity index (χ2v) is 9.42. The predicted octanol–water partition coefficient (Wildman–Crippen LogP) is 3.76. The minimum Gasteiger partial charge on any atom is -0.475 e. The number of carbonyl (C=O) groups excluding carboxylic acids is 2.